The van der Waals surface area contributed by atoms with E-state index < -0.39 is 43.3 Å². The Hall–Kier alpha value is -2.60. The van der Waals surface area contributed by atoms with Crippen molar-refractivity contribution in [3.05, 3.63) is 58.3 Å². The molecule has 0 unspecified atom stereocenters. The first-order valence-corrected chi connectivity index (χ1v) is 14.9. The predicted octanol–water partition coefficient (Wildman–Crippen LogP) is 5.80. The van der Waals surface area contributed by atoms with E-state index in [1.807, 2.05) is 20.8 Å². The van der Waals surface area contributed by atoms with Gasteiger partial charge in [-0.3, -0.25) is 10.1 Å². The fourth-order valence-electron chi connectivity index (χ4n) is 3.97. The number of para-hydroxylation sites is 1. The van der Waals surface area contributed by atoms with Crippen LogP contribution in [0.2, 0.25) is 18.1 Å². The standard InChI is InChI=1S/C25H36N2O8Si/c1-16(35-36(7,8)24(2,3)4)22-21(33-25(5,6)34-22)13-20(18-14-31-15-26-18)32-23(28)17-11-9-10-12-19(17)27(29)30/h9-12,14-16,20-22H,13H2,1-8H3/t16-,20+,21-,22+/m1/s1. The number of aromatic nitrogens is 1. The van der Waals surface area contributed by atoms with Crippen LogP contribution >= 0.6 is 0 Å². The SMILES string of the molecule is C[C@@H](O[Si](C)(C)C(C)(C)C)[C@@H]1OC(C)(C)O[C@@H]1C[C@H](OC(=O)c1ccccc1[N+](=O)[O-])c1cocn1. The Balaban J connectivity index is 1.85. The van der Waals surface area contributed by atoms with Gasteiger partial charge in [-0.05, 0) is 45.0 Å². The second-order valence-electron chi connectivity index (χ2n) is 11.0. The van der Waals surface area contributed by atoms with Gasteiger partial charge in [0.2, 0.25) is 0 Å². The van der Waals surface area contributed by atoms with Crippen LogP contribution in [0.15, 0.2) is 41.3 Å². The first-order chi connectivity index (χ1) is 16.6. The van der Waals surface area contributed by atoms with E-state index in [0.29, 0.717) is 5.69 Å². The number of carbonyl (C=O) groups is 1. The summed E-state index contributed by atoms with van der Waals surface area (Å²) in [5.74, 6) is -1.72. The molecule has 0 N–H and O–H groups in total. The number of hydrogen-bond acceptors (Lipinski definition) is 9. The average molecular weight is 521 g/mol. The zero-order valence-corrected chi connectivity index (χ0v) is 23.1. The molecule has 1 aliphatic rings. The van der Waals surface area contributed by atoms with E-state index >= 15 is 0 Å². The lowest BCUT2D eigenvalue weighted by Gasteiger charge is -2.40. The van der Waals surface area contributed by atoms with Gasteiger partial charge in [0, 0.05) is 12.5 Å². The quantitative estimate of drug-likeness (QED) is 0.175. The molecule has 1 aromatic carbocycles. The van der Waals surface area contributed by atoms with E-state index in [1.165, 1.54) is 30.9 Å². The number of ether oxygens (including phenoxy) is 3. The molecule has 1 aliphatic heterocycles. The van der Waals surface area contributed by atoms with Crippen LogP contribution in [0.25, 0.3) is 0 Å². The summed E-state index contributed by atoms with van der Waals surface area (Å²) in [6.07, 6.45) is 0.690. The molecular formula is C25H36N2O8Si. The van der Waals surface area contributed by atoms with Crippen LogP contribution in [0.4, 0.5) is 5.69 Å². The Morgan fingerprint density at radius 1 is 1.25 bits per heavy atom. The molecule has 1 aromatic heterocycles. The molecule has 4 atom stereocenters. The van der Waals surface area contributed by atoms with Gasteiger partial charge in [0.25, 0.3) is 5.69 Å². The van der Waals surface area contributed by atoms with Crippen molar-refractivity contribution in [2.45, 2.75) is 96.3 Å². The first-order valence-electron chi connectivity index (χ1n) is 12.0. The van der Waals surface area contributed by atoms with Crippen molar-refractivity contribution in [3.8, 4) is 0 Å². The lowest BCUT2D eigenvalue weighted by Crippen LogP contribution is -2.48. The highest BCUT2D eigenvalue weighted by Crippen LogP contribution is 2.41. The molecule has 1 saturated heterocycles. The molecule has 0 amide bonds. The van der Waals surface area contributed by atoms with Gasteiger partial charge >= 0.3 is 5.97 Å². The van der Waals surface area contributed by atoms with Crippen LogP contribution in [0, 0.1) is 10.1 Å². The average Bonchev–Trinajstić information content (AvgIpc) is 3.39. The Morgan fingerprint density at radius 2 is 1.92 bits per heavy atom. The van der Waals surface area contributed by atoms with Gasteiger partial charge in [-0.1, -0.05) is 32.9 Å². The van der Waals surface area contributed by atoms with Crippen molar-refractivity contribution in [1.29, 1.82) is 0 Å². The van der Waals surface area contributed by atoms with Crippen LogP contribution in [-0.4, -0.2) is 48.3 Å². The largest absolute Gasteiger partial charge is 0.452 e. The summed E-state index contributed by atoms with van der Waals surface area (Å²) < 4.78 is 29.9. The number of nitro benzene ring substituents is 1. The molecule has 0 bridgehead atoms. The molecule has 0 spiro atoms. The third-order valence-electron chi connectivity index (χ3n) is 6.77. The highest BCUT2D eigenvalue weighted by molar-refractivity contribution is 6.74. The second-order valence-corrected chi connectivity index (χ2v) is 15.8. The van der Waals surface area contributed by atoms with Gasteiger partial charge < -0.3 is 23.1 Å². The van der Waals surface area contributed by atoms with Gasteiger partial charge in [-0.15, -0.1) is 0 Å². The van der Waals surface area contributed by atoms with Crippen molar-refractivity contribution in [1.82, 2.24) is 4.98 Å². The second kappa shape index (κ2) is 10.4. The molecule has 0 saturated carbocycles. The van der Waals surface area contributed by atoms with E-state index in [2.05, 4.69) is 38.8 Å². The first kappa shape index (κ1) is 28.0. The topological polar surface area (TPSA) is 123 Å². The summed E-state index contributed by atoms with van der Waals surface area (Å²) in [4.78, 5) is 28.0. The van der Waals surface area contributed by atoms with Gasteiger partial charge in [-0.2, -0.15) is 0 Å². The summed E-state index contributed by atoms with van der Waals surface area (Å²) >= 11 is 0. The van der Waals surface area contributed by atoms with Crippen LogP contribution in [0.1, 0.15) is 70.1 Å². The van der Waals surface area contributed by atoms with Crippen LogP contribution in [0.3, 0.4) is 0 Å². The van der Waals surface area contributed by atoms with Gasteiger partial charge in [0.05, 0.1) is 17.1 Å². The van der Waals surface area contributed by atoms with Crippen LogP contribution < -0.4 is 0 Å². The predicted molar refractivity (Wildman–Crippen MR) is 134 cm³/mol. The fraction of sp³-hybridized carbons (Fsp3) is 0.600. The summed E-state index contributed by atoms with van der Waals surface area (Å²) in [5, 5.41) is 11.4. The minimum absolute atomic E-state index is 0.00884. The molecule has 198 valence electrons. The molecule has 3 rings (SSSR count). The number of nitro groups is 1. The van der Waals surface area contributed by atoms with E-state index in [4.69, 9.17) is 23.1 Å². The van der Waals surface area contributed by atoms with E-state index in [9.17, 15) is 14.9 Å². The van der Waals surface area contributed by atoms with E-state index in [-0.39, 0.29) is 28.8 Å². The van der Waals surface area contributed by atoms with Gasteiger partial charge in [0.15, 0.2) is 20.5 Å². The fourth-order valence-corrected chi connectivity index (χ4v) is 5.39. The molecule has 0 radical (unpaired) electrons. The summed E-state index contributed by atoms with van der Waals surface area (Å²) in [7, 11) is -2.10. The number of rotatable bonds is 9. The summed E-state index contributed by atoms with van der Waals surface area (Å²) in [6, 6.07) is 5.65. The maximum atomic E-state index is 13.0. The molecule has 11 heteroatoms. The smallest absolute Gasteiger partial charge is 0.345 e. The molecule has 0 aliphatic carbocycles. The number of nitrogens with zero attached hydrogens (tertiary/aromatic N) is 2. The number of hydrogen-bond donors (Lipinski definition) is 0. The number of esters is 1. The zero-order chi connectivity index (χ0) is 26.9. The molecule has 2 aromatic rings. The molecule has 2 heterocycles. The normalized spacial score (nSPS) is 21.7. The van der Waals surface area contributed by atoms with Crippen molar-refractivity contribution in [2.75, 3.05) is 0 Å². The maximum Gasteiger partial charge on any atom is 0.345 e. The summed E-state index contributed by atoms with van der Waals surface area (Å²) in [5.41, 5.74) is -0.115. The molecular weight excluding hydrogens is 484 g/mol. The Bertz CT molecular complexity index is 1060. The number of benzene rings is 1. The molecule has 36 heavy (non-hydrogen) atoms. The van der Waals surface area contributed by atoms with Crippen molar-refractivity contribution in [3.63, 3.8) is 0 Å². The van der Waals surface area contributed by atoms with Crippen molar-refractivity contribution < 1.29 is 32.8 Å². The number of oxazole rings is 1. The third kappa shape index (κ3) is 6.39. The molecule has 10 nitrogen and oxygen atoms in total. The van der Waals surface area contributed by atoms with E-state index in [1.54, 1.807) is 6.07 Å². The Kier molecular flexibility index (Phi) is 8.09. The van der Waals surface area contributed by atoms with Crippen LogP contribution in [-0.2, 0) is 18.6 Å². The highest BCUT2D eigenvalue weighted by atomic mass is 28.4. The minimum Gasteiger partial charge on any atom is -0.452 e. The van der Waals surface area contributed by atoms with Crippen LogP contribution in [0.5, 0.6) is 0 Å². The monoisotopic (exact) mass is 520 g/mol. The molecule has 1 fully saturated rings. The minimum atomic E-state index is -2.10. The van der Waals surface area contributed by atoms with Gasteiger partial charge in [-0.25, -0.2) is 9.78 Å². The lowest BCUT2D eigenvalue weighted by atomic mass is 10.0. The maximum absolute atomic E-state index is 13.0. The Labute approximate surface area is 212 Å². The van der Waals surface area contributed by atoms with Crippen molar-refractivity contribution >= 4 is 20.0 Å². The van der Waals surface area contributed by atoms with Crippen molar-refractivity contribution in [2.24, 2.45) is 0 Å². The highest BCUT2D eigenvalue weighted by Gasteiger charge is 2.48. The van der Waals surface area contributed by atoms with E-state index in [0.717, 1.165) is 0 Å². The van der Waals surface area contributed by atoms with Gasteiger partial charge in [0.1, 0.15) is 29.7 Å². The summed E-state index contributed by atoms with van der Waals surface area (Å²) in [6.45, 7) is 16.5. The lowest BCUT2D eigenvalue weighted by molar-refractivity contribution is -0.385. The third-order valence-corrected chi connectivity index (χ3v) is 11.3. The Morgan fingerprint density at radius 3 is 2.50 bits per heavy atom. The zero-order valence-electron chi connectivity index (χ0n) is 22.1. The number of carbonyl (C=O) groups excluding carboxylic acids is 1.